The summed E-state index contributed by atoms with van der Waals surface area (Å²) in [6.07, 6.45) is 3.87. The Morgan fingerprint density at radius 1 is 1.21 bits per heavy atom. The van der Waals surface area contributed by atoms with Crippen molar-refractivity contribution in [3.05, 3.63) is 59.5 Å². The van der Waals surface area contributed by atoms with Crippen LogP contribution >= 0.6 is 0 Å². The van der Waals surface area contributed by atoms with Crippen LogP contribution in [0, 0.1) is 12.7 Å². The van der Waals surface area contributed by atoms with Crippen molar-refractivity contribution in [3.8, 4) is 0 Å². The second-order valence-electron chi connectivity index (χ2n) is 7.40. The van der Waals surface area contributed by atoms with Crippen molar-refractivity contribution >= 4 is 17.7 Å². The summed E-state index contributed by atoms with van der Waals surface area (Å²) in [5, 5.41) is 9.13. The summed E-state index contributed by atoms with van der Waals surface area (Å²) in [7, 11) is 0. The second kappa shape index (κ2) is 9.49. The molecule has 6 nitrogen and oxygen atoms in total. The van der Waals surface area contributed by atoms with Gasteiger partial charge in [0.2, 0.25) is 5.91 Å². The predicted octanol–water partition coefficient (Wildman–Crippen LogP) is 3.14. The summed E-state index contributed by atoms with van der Waals surface area (Å²) in [5.74, 6) is 0.896. The van der Waals surface area contributed by atoms with E-state index in [0.29, 0.717) is 37.8 Å². The molecule has 0 bridgehead atoms. The van der Waals surface area contributed by atoms with E-state index in [2.05, 4.69) is 25.9 Å². The highest BCUT2D eigenvalue weighted by atomic mass is 19.1. The minimum atomic E-state index is -0.206. The average Bonchev–Trinajstić information content (AvgIpc) is 3.49. The molecule has 1 aromatic heterocycles. The molecule has 0 unspecified atom stereocenters. The van der Waals surface area contributed by atoms with Crippen molar-refractivity contribution in [3.63, 3.8) is 0 Å². The molecule has 0 radical (unpaired) electrons. The molecule has 7 heteroatoms. The molecular weight excluding hydrogens is 369 g/mol. The number of benzene rings is 1. The number of carbonyl (C=O) groups excluding carboxylic acids is 1. The third kappa shape index (κ3) is 5.76. The number of hydrogen-bond acceptors (Lipinski definition) is 3. The Kier molecular flexibility index (Phi) is 6.80. The van der Waals surface area contributed by atoms with Crippen LogP contribution in [0.5, 0.6) is 0 Å². The number of guanidine groups is 1. The van der Waals surface area contributed by atoms with Gasteiger partial charge in [-0.15, -0.1) is 0 Å². The summed E-state index contributed by atoms with van der Waals surface area (Å²) < 4.78 is 14.2. The topological polar surface area (TPSA) is 78.4 Å². The average molecular weight is 397 g/mol. The zero-order chi connectivity index (χ0) is 20.7. The summed E-state index contributed by atoms with van der Waals surface area (Å²) >= 11 is 0. The molecule has 29 heavy (non-hydrogen) atoms. The van der Waals surface area contributed by atoms with E-state index in [1.54, 1.807) is 18.3 Å². The lowest BCUT2D eigenvalue weighted by molar-refractivity contribution is -0.116. The minimum absolute atomic E-state index is 0.116. The summed E-state index contributed by atoms with van der Waals surface area (Å²) in [6.45, 7) is 5.59. The fourth-order valence-corrected chi connectivity index (χ4v) is 3.17. The van der Waals surface area contributed by atoms with Gasteiger partial charge in [-0.25, -0.2) is 9.37 Å². The molecule has 2 aromatic rings. The van der Waals surface area contributed by atoms with Gasteiger partial charge in [0.1, 0.15) is 11.6 Å². The van der Waals surface area contributed by atoms with Crippen molar-refractivity contribution in [1.82, 2.24) is 15.6 Å². The van der Waals surface area contributed by atoms with Crippen LogP contribution in [0.2, 0.25) is 0 Å². The Bertz CT molecular complexity index is 862. The van der Waals surface area contributed by atoms with Crippen molar-refractivity contribution in [2.75, 3.05) is 25.0 Å². The molecule has 1 aromatic carbocycles. The van der Waals surface area contributed by atoms with Crippen LogP contribution in [-0.2, 0) is 10.2 Å². The molecule has 0 atom stereocenters. The number of rotatable bonds is 8. The molecule has 1 fully saturated rings. The Balaban J connectivity index is 1.51. The van der Waals surface area contributed by atoms with E-state index in [1.807, 2.05) is 32.0 Å². The zero-order valence-corrected chi connectivity index (χ0v) is 17.0. The molecule has 1 saturated carbocycles. The molecule has 154 valence electrons. The largest absolute Gasteiger partial charge is 0.357 e. The first-order chi connectivity index (χ1) is 14.0. The normalized spacial score (nSPS) is 14.9. The monoisotopic (exact) mass is 397 g/mol. The highest BCUT2D eigenvalue weighted by Gasteiger charge is 2.45. The molecule has 1 aliphatic carbocycles. The number of aromatic nitrogens is 1. The molecule has 3 N–H and O–H groups in total. The lowest BCUT2D eigenvalue weighted by atomic mass is 9.95. The molecular formula is C22H28FN5O. The SMILES string of the molecule is CCNC(=NCC1(c2ccccc2F)CC1)NCCC(=O)Nc1ccc(C)cn1. The summed E-state index contributed by atoms with van der Waals surface area (Å²) in [4.78, 5) is 20.9. The third-order valence-electron chi connectivity index (χ3n) is 5.01. The van der Waals surface area contributed by atoms with Crippen molar-refractivity contribution < 1.29 is 9.18 Å². The quantitative estimate of drug-likeness (QED) is 0.472. The van der Waals surface area contributed by atoms with Gasteiger partial charge in [0, 0.05) is 31.1 Å². The first-order valence-electron chi connectivity index (χ1n) is 10.0. The van der Waals surface area contributed by atoms with E-state index < -0.39 is 0 Å². The third-order valence-corrected chi connectivity index (χ3v) is 5.01. The number of carbonyl (C=O) groups is 1. The fourth-order valence-electron chi connectivity index (χ4n) is 3.17. The Morgan fingerprint density at radius 3 is 2.66 bits per heavy atom. The maximum Gasteiger partial charge on any atom is 0.227 e. The van der Waals surface area contributed by atoms with Crippen LogP contribution in [-0.4, -0.2) is 36.5 Å². The van der Waals surface area contributed by atoms with Gasteiger partial charge >= 0.3 is 0 Å². The molecule has 0 aliphatic heterocycles. The second-order valence-corrected chi connectivity index (χ2v) is 7.40. The van der Waals surface area contributed by atoms with Gasteiger partial charge in [-0.1, -0.05) is 24.3 Å². The maximum absolute atomic E-state index is 14.2. The number of aryl methyl sites for hydroxylation is 1. The maximum atomic E-state index is 14.2. The molecule has 1 heterocycles. The lowest BCUT2D eigenvalue weighted by Crippen LogP contribution is -2.39. The van der Waals surface area contributed by atoms with E-state index in [0.717, 1.165) is 24.0 Å². The van der Waals surface area contributed by atoms with E-state index in [-0.39, 0.29) is 17.1 Å². The van der Waals surface area contributed by atoms with Crippen molar-refractivity contribution in [1.29, 1.82) is 0 Å². The van der Waals surface area contributed by atoms with Crippen LogP contribution in [0.1, 0.15) is 37.3 Å². The number of hydrogen-bond donors (Lipinski definition) is 3. The standard InChI is InChI=1S/C22H28FN5O/c1-3-24-21(25-13-10-20(29)28-19-9-8-16(2)14-26-19)27-15-22(11-12-22)17-6-4-5-7-18(17)23/h4-9,14H,3,10-13,15H2,1-2H3,(H2,24,25,27)(H,26,28,29). The minimum Gasteiger partial charge on any atom is -0.357 e. The predicted molar refractivity (Wildman–Crippen MR) is 114 cm³/mol. The zero-order valence-electron chi connectivity index (χ0n) is 17.0. The van der Waals surface area contributed by atoms with Crippen molar-refractivity contribution in [2.45, 2.75) is 38.5 Å². The van der Waals surface area contributed by atoms with E-state index >= 15 is 0 Å². The van der Waals surface area contributed by atoms with Gasteiger partial charge in [0.05, 0.1) is 6.54 Å². The summed E-state index contributed by atoms with van der Waals surface area (Å²) in [6, 6.07) is 10.6. The van der Waals surface area contributed by atoms with Crippen LogP contribution in [0.15, 0.2) is 47.6 Å². The van der Waals surface area contributed by atoms with Crippen LogP contribution < -0.4 is 16.0 Å². The number of aliphatic imine (C=N–C) groups is 1. The van der Waals surface area contributed by atoms with Gasteiger partial charge in [0.15, 0.2) is 5.96 Å². The first-order valence-corrected chi connectivity index (χ1v) is 10.0. The molecule has 0 saturated heterocycles. The molecule has 0 spiro atoms. The van der Waals surface area contributed by atoms with E-state index in [9.17, 15) is 9.18 Å². The van der Waals surface area contributed by atoms with Gasteiger partial charge in [-0.2, -0.15) is 0 Å². The highest BCUT2D eigenvalue weighted by molar-refractivity contribution is 5.90. The lowest BCUT2D eigenvalue weighted by Gasteiger charge is -2.16. The number of nitrogens with one attached hydrogen (secondary N) is 3. The van der Waals surface area contributed by atoms with Gasteiger partial charge < -0.3 is 16.0 Å². The number of nitrogens with zero attached hydrogens (tertiary/aromatic N) is 2. The molecule has 3 rings (SSSR count). The Labute approximate surface area is 171 Å². The Morgan fingerprint density at radius 2 is 2.00 bits per heavy atom. The van der Waals surface area contributed by atoms with Crippen LogP contribution in [0.25, 0.3) is 0 Å². The Hall–Kier alpha value is -2.96. The van der Waals surface area contributed by atoms with Crippen LogP contribution in [0.3, 0.4) is 0 Å². The van der Waals surface area contributed by atoms with Crippen molar-refractivity contribution in [2.24, 2.45) is 4.99 Å². The van der Waals surface area contributed by atoms with Gasteiger partial charge in [0.25, 0.3) is 0 Å². The highest BCUT2D eigenvalue weighted by Crippen LogP contribution is 2.49. The molecule has 1 amide bonds. The number of pyridine rings is 1. The molecule has 1 aliphatic rings. The van der Waals surface area contributed by atoms with E-state index in [4.69, 9.17) is 0 Å². The number of amides is 1. The summed E-state index contributed by atoms with van der Waals surface area (Å²) in [5.41, 5.74) is 1.58. The van der Waals surface area contributed by atoms with Crippen LogP contribution in [0.4, 0.5) is 10.2 Å². The van der Waals surface area contributed by atoms with Gasteiger partial charge in [-0.3, -0.25) is 9.79 Å². The first kappa shape index (κ1) is 20.8. The number of anilines is 1. The van der Waals surface area contributed by atoms with Gasteiger partial charge in [-0.05, 0) is 49.9 Å². The van der Waals surface area contributed by atoms with E-state index in [1.165, 1.54) is 6.07 Å². The smallest absolute Gasteiger partial charge is 0.227 e. The fraction of sp³-hybridized carbons (Fsp3) is 0.409. The number of halogens is 1.